The van der Waals surface area contributed by atoms with E-state index in [0.29, 0.717) is 6.04 Å². The van der Waals surface area contributed by atoms with Crippen LogP contribution in [0.5, 0.6) is 5.75 Å². The molecule has 118 valence electrons. The molecule has 0 fully saturated rings. The van der Waals surface area contributed by atoms with E-state index < -0.39 is 0 Å². The topological polar surface area (TPSA) is 39.1 Å². The van der Waals surface area contributed by atoms with Crippen LogP contribution in [0.1, 0.15) is 30.1 Å². The van der Waals surface area contributed by atoms with Crippen molar-refractivity contribution in [3.63, 3.8) is 0 Å². The minimum atomic E-state index is 0.410. The summed E-state index contributed by atoms with van der Waals surface area (Å²) in [4.78, 5) is 1.39. The molecule has 3 rings (SSSR count). The summed E-state index contributed by atoms with van der Waals surface area (Å²) in [5, 5.41) is 7.95. The minimum Gasteiger partial charge on any atom is -0.497 e. The fourth-order valence-corrected chi connectivity index (χ4v) is 3.98. The molecular weight excluding hydrogens is 294 g/mol. The summed E-state index contributed by atoms with van der Waals surface area (Å²) in [7, 11) is 3.73. The fraction of sp³-hybridized carbons (Fsp3) is 0.471. The second-order valence-electron chi connectivity index (χ2n) is 5.60. The molecule has 1 aliphatic heterocycles. The van der Waals surface area contributed by atoms with Crippen molar-refractivity contribution in [3.8, 4) is 5.75 Å². The van der Waals surface area contributed by atoms with Crippen LogP contribution in [-0.4, -0.2) is 29.2 Å². The van der Waals surface area contributed by atoms with Gasteiger partial charge in [-0.15, -0.1) is 11.8 Å². The van der Waals surface area contributed by atoms with Gasteiger partial charge in [0.05, 0.1) is 7.11 Å². The van der Waals surface area contributed by atoms with Gasteiger partial charge in [0.15, 0.2) is 0 Å². The molecule has 22 heavy (non-hydrogen) atoms. The zero-order valence-corrected chi connectivity index (χ0v) is 14.0. The molecule has 1 N–H and O–H groups in total. The number of nitrogens with zero attached hydrogens (tertiary/aromatic N) is 2. The van der Waals surface area contributed by atoms with Crippen LogP contribution in [-0.2, 0) is 13.5 Å². The van der Waals surface area contributed by atoms with Crippen molar-refractivity contribution in [3.05, 3.63) is 41.7 Å². The summed E-state index contributed by atoms with van der Waals surface area (Å²) >= 11 is 1.96. The lowest BCUT2D eigenvalue weighted by molar-refractivity contribution is 0.411. The number of hydrogen-bond donors (Lipinski definition) is 1. The van der Waals surface area contributed by atoms with Crippen molar-refractivity contribution in [1.29, 1.82) is 0 Å². The van der Waals surface area contributed by atoms with Gasteiger partial charge in [0.25, 0.3) is 0 Å². The number of aryl methyl sites for hydroxylation is 1. The molecule has 0 aliphatic carbocycles. The number of aromatic nitrogens is 2. The Hall–Kier alpha value is -1.46. The number of hydrogen-bond acceptors (Lipinski definition) is 4. The number of fused-ring (bicyclic) bond motifs is 1. The first-order valence-corrected chi connectivity index (χ1v) is 8.77. The maximum atomic E-state index is 5.40. The Kier molecular flexibility index (Phi) is 5.05. The van der Waals surface area contributed by atoms with E-state index in [9.17, 15) is 0 Å². The zero-order valence-electron chi connectivity index (χ0n) is 13.2. The smallest absolute Gasteiger partial charge is 0.119 e. The molecule has 0 saturated carbocycles. The van der Waals surface area contributed by atoms with Gasteiger partial charge in [-0.25, -0.2) is 0 Å². The highest BCUT2D eigenvalue weighted by Crippen LogP contribution is 2.36. The summed E-state index contributed by atoms with van der Waals surface area (Å²) in [6, 6.07) is 8.94. The molecule has 4 nitrogen and oxygen atoms in total. The highest BCUT2D eigenvalue weighted by Gasteiger charge is 2.19. The maximum absolute atomic E-state index is 5.40. The number of nitrogens with one attached hydrogen (secondary N) is 1. The summed E-state index contributed by atoms with van der Waals surface area (Å²) in [5.41, 5.74) is 2.65. The second-order valence-corrected chi connectivity index (χ2v) is 6.73. The number of benzene rings is 1. The molecule has 0 radical (unpaired) electrons. The lowest BCUT2D eigenvalue weighted by atomic mass is 10.0. The van der Waals surface area contributed by atoms with Gasteiger partial charge < -0.3 is 10.1 Å². The average Bonchev–Trinajstić information content (AvgIpc) is 2.83. The van der Waals surface area contributed by atoms with E-state index in [4.69, 9.17) is 4.74 Å². The molecule has 5 heteroatoms. The summed E-state index contributed by atoms with van der Waals surface area (Å²) in [5.74, 6) is 2.14. The SMILES string of the molecule is COc1ccc2c(c1)[C@@H](NCCc1ccnn1C)CCCS2. The minimum absolute atomic E-state index is 0.410. The monoisotopic (exact) mass is 317 g/mol. The first kappa shape index (κ1) is 15.4. The number of ether oxygens (including phenoxy) is 1. The van der Waals surface area contributed by atoms with E-state index in [1.165, 1.54) is 34.7 Å². The number of methoxy groups -OCH3 is 1. The summed E-state index contributed by atoms with van der Waals surface area (Å²) < 4.78 is 7.35. The zero-order chi connectivity index (χ0) is 15.4. The predicted octanol–water partition coefficient (Wildman–Crippen LogP) is 3.19. The van der Waals surface area contributed by atoms with Crippen molar-refractivity contribution >= 4 is 11.8 Å². The molecule has 0 bridgehead atoms. The van der Waals surface area contributed by atoms with Crippen LogP contribution < -0.4 is 10.1 Å². The number of thioether (sulfide) groups is 1. The van der Waals surface area contributed by atoms with Gasteiger partial charge in [0, 0.05) is 42.8 Å². The van der Waals surface area contributed by atoms with E-state index >= 15 is 0 Å². The van der Waals surface area contributed by atoms with Crippen LogP contribution in [0.25, 0.3) is 0 Å². The fourth-order valence-electron chi connectivity index (χ4n) is 2.92. The first-order valence-electron chi connectivity index (χ1n) is 7.79. The molecular formula is C17H23N3OS. The van der Waals surface area contributed by atoms with Crippen LogP contribution in [0.4, 0.5) is 0 Å². The third-order valence-electron chi connectivity index (χ3n) is 4.18. The predicted molar refractivity (Wildman–Crippen MR) is 90.6 cm³/mol. The van der Waals surface area contributed by atoms with E-state index in [-0.39, 0.29) is 0 Å². The van der Waals surface area contributed by atoms with Gasteiger partial charge in [-0.3, -0.25) is 4.68 Å². The Labute approximate surface area is 136 Å². The van der Waals surface area contributed by atoms with Crippen LogP contribution in [0.2, 0.25) is 0 Å². The van der Waals surface area contributed by atoms with E-state index in [2.05, 4.69) is 34.7 Å². The molecule has 0 saturated heterocycles. The quantitative estimate of drug-likeness (QED) is 0.919. The van der Waals surface area contributed by atoms with Crippen LogP contribution in [0.15, 0.2) is 35.4 Å². The Morgan fingerprint density at radius 1 is 1.41 bits per heavy atom. The normalized spacial score (nSPS) is 17.8. The molecule has 2 aromatic rings. The van der Waals surface area contributed by atoms with Gasteiger partial charge in [0.1, 0.15) is 5.75 Å². The highest BCUT2D eigenvalue weighted by molar-refractivity contribution is 7.99. The van der Waals surface area contributed by atoms with Crippen molar-refractivity contribution in [2.24, 2.45) is 7.05 Å². The third kappa shape index (κ3) is 3.47. The van der Waals surface area contributed by atoms with Crippen LogP contribution >= 0.6 is 11.8 Å². The maximum Gasteiger partial charge on any atom is 0.119 e. The van der Waals surface area contributed by atoms with Gasteiger partial charge in [-0.05, 0) is 48.4 Å². The molecule has 0 spiro atoms. The molecule has 0 unspecified atom stereocenters. The first-order chi connectivity index (χ1) is 10.8. The van der Waals surface area contributed by atoms with Crippen LogP contribution in [0, 0.1) is 0 Å². The molecule has 1 atom stereocenters. The van der Waals surface area contributed by atoms with Gasteiger partial charge in [-0.2, -0.15) is 5.10 Å². The van der Waals surface area contributed by atoms with Crippen LogP contribution in [0.3, 0.4) is 0 Å². The molecule has 1 aliphatic rings. The van der Waals surface area contributed by atoms with Gasteiger partial charge in [-0.1, -0.05) is 0 Å². The van der Waals surface area contributed by atoms with E-state index in [0.717, 1.165) is 18.7 Å². The van der Waals surface area contributed by atoms with E-state index in [1.54, 1.807) is 7.11 Å². The molecule has 1 aromatic carbocycles. The molecule has 0 amide bonds. The van der Waals surface area contributed by atoms with Crippen molar-refractivity contribution in [1.82, 2.24) is 15.1 Å². The van der Waals surface area contributed by atoms with Crippen molar-refractivity contribution < 1.29 is 4.74 Å². The largest absolute Gasteiger partial charge is 0.497 e. The molecule has 1 aromatic heterocycles. The molecule has 2 heterocycles. The Bertz CT molecular complexity index is 626. The lowest BCUT2D eigenvalue weighted by Crippen LogP contribution is -2.24. The Morgan fingerprint density at radius 2 is 2.32 bits per heavy atom. The second kappa shape index (κ2) is 7.20. The van der Waals surface area contributed by atoms with Crippen molar-refractivity contribution in [2.75, 3.05) is 19.4 Å². The third-order valence-corrected chi connectivity index (χ3v) is 5.36. The van der Waals surface area contributed by atoms with Crippen molar-refractivity contribution in [2.45, 2.75) is 30.2 Å². The summed E-state index contributed by atoms with van der Waals surface area (Å²) in [6.07, 6.45) is 5.28. The van der Waals surface area contributed by atoms with Gasteiger partial charge >= 0.3 is 0 Å². The summed E-state index contributed by atoms with van der Waals surface area (Å²) in [6.45, 7) is 0.964. The van der Waals surface area contributed by atoms with Gasteiger partial charge in [0.2, 0.25) is 0 Å². The Balaban J connectivity index is 1.69. The lowest BCUT2D eigenvalue weighted by Gasteiger charge is -2.20. The highest BCUT2D eigenvalue weighted by atomic mass is 32.2. The average molecular weight is 317 g/mol. The Morgan fingerprint density at radius 3 is 3.09 bits per heavy atom. The van der Waals surface area contributed by atoms with E-state index in [1.807, 2.05) is 29.7 Å². The standard InChI is InChI=1S/C17H23N3OS/c1-20-13(8-10-19-20)7-9-18-16-4-3-11-22-17-6-5-14(21-2)12-15(16)17/h5-6,8,10,12,16,18H,3-4,7,9,11H2,1-2H3/t16-/m0/s1. The number of rotatable bonds is 5.